The largest absolute Gasteiger partial charge is 0.421 e. The maximum atomic E-state index is 11.8. The monoisotopic (exact) mass is 290 g/mol. The van der Waals surface area contributed by atoms with E-state index in [9.17, 15) is 4.79 Å². The predicted molar refractivity (Wildman–Crippen MR) is 77.8 cm³/mol. The molecule has 21 heavy (non-hydrogen) atoms. The van der Waals surface area contributed by atoms with Crippen molar-refractivity contribution in [3.63, 3.8) is 0 Å². The smallest absolute Gasteiger partial charge is 0.321 e. The van der Waals surface area contributed by atoms with Crippen LogP contribution in [0.25, 0.3) is 11.5 Å². The van der Waals surface area contributed by atoms with E-state index in [-0.39, 0.29) is 19.2 Å². The van der Waals surface area contributed by atoms with Crippen molar-refractivity contribution < 1.29 is 14.3 Å². The molecule has 0 saturated carbocycles. The van der Waals surface area contributed by atoms with Crippen LogP contribution in [0, 0.1) is 0 Å². The summed E-state index contributed by atoms with van der Waals surface area (Å²) in [7, 11) is 1.62. The molecule has 2 N–H and O–H groups in total. The third kappa shape index (κ3) is 3.79. The number of carbonyl (C=O) groups excluding carboxylic acids is 1. The van der Waals surface area contributed by atoms with Crippen LogP contribution >= 0.6 is 0 Å². The molecule has 0 unspecified atom stereocenters. The highest BCUT2D eigenvalue weighted by atomic mass is 16.4. The summed E-state index contributed by atoms with van der Waals surface area (Å²) in [6.45, 7) is 2.16. The molecule has 112 valence electrons. The third-order valence-electron chi connectivity index (χ3n) is 2.93. The fourth-order valence-electron chi connectivity index (χ4n) is 1.68. The first kappa shape index (κ1) is 15.0. The number of nitrogens with one attached hydrogen (secondary N) is 1. The van der Waals surface area contributed by atoms with Crippen molar-refractivity contribution in [1.29, 1.82) is 0 Å². The molecule has 0 spiro atoms. The zero-order chi connectivity index (χ0) is 15.2. The van der Waals surface area contributed by atoms with Crippen molar-refractivity contribution >= 4 is 11.7 Å². The van der Waals surface area contributed by atoms with Gasteiger partial charge in [-0.15, -0.1) is 10.2 Å². The van der Waals surface area contributed by atoms with Crippen LogP contribution < -0.4 is 5.32 Å². The standard InChI is InChI=1S/C14H18N4O3/c1-3-12-16-17-13(21-12)10-4-6-11(7-5-10)15-14(20)18(2)8-9-19/h4-7,19H,3,8-9H2,1-2H3,(H,15,20). The molecule has 0 bridgehead atoms. The summed E-state index contributed by atoms with van der Waals surface area (Å²) in [4.78, 5) is 13.2. The first-order valence-electron chi connectivity index (χ1n) is 6.69. The second-order valence-electron chi connectivity index (χ2n) is 4.51. The second kappa shape index (κ2) is 6.85. The van der Waals surface area contributed by atoms with Gasteiger partial charge in [0.25, 0.3) is 0 Å². The zero-order valence-corrected chi connectivity index (χ0v) is 12.0. The Labute approximate surface area is 122 Å². The molecule has 0 atom stereocenters. The maximum Gasteiger partial charge on any atom is 0.321 e. The number of aliphatic hydroxyl groups excluding tert-OH is 1. The number of aliphatic hydroxyl groups is 1. The molecule has 0 aliphatic rings. The summed E-state index contributed by atoms with van der Waals surface area (Å²) in [6, 6.07) is 6.84. The van der Waals surface area contributed by atoms with Gasteiger partial charge in [-0.1, -0.05) is 6.92 Å². The second-order valence-corrected chi connectivity index (χ2v) is 4.51. The average Bonchev–Trinajstić information content (AvgIpc) is 2.97. The first-order valence-corrected chi connectivity index (χ1v) is 6.69. The molecule has 2 rings (SSSR count). The lowest BCUT2D eigenvalue weighted by molar-refractivity contribution is 0.202. The predicted octanol–water partition coefficient (Wildman–Crippen LogP) is 1.75. The van der Waals surface area contributed by atoms with E-state index in [2.05, 4.69) is 15.5 Å². The Morgan fingerprint density at radius 1 is 1.33 bits per heavy atom. The molecule has 1 aromatic carbocycles. The number of hydrogen-bond donors (Lipinski definition) is 2. The van der Waals surface area contributed by atoms with Crippen molar-refractivity contribution in [2.75, 3.05) is 25.5 Å². The molecular formula is C14H18N4O3. The molecule has 0 radical (unpaired) electrons. The van der Waals surface area contributed by atoms with Crippen molar-refractivity contribution in [1.82, 2.24) is 15.1 Å². The lowest BCUT2D eigenvalue weighted by Crippen LogP contribution is -2.33. The van der Waals surface area contributed by atoms with E-state index in [1.807, 2.05) is 6.92 Å². The minimum absolute atomic E-state index is 0.0697. The van der Waals surface area contributed by atoms with Gasteiger partial charge < -0.3 is 19.7 Å². The number of carbonyl (C=O) groups is 1. The van der Waals surface area contributed by atoms with Crippen molar-refractivity contribution in [3.05, 3.63) is 30.2 Å². The van der Waals surface area contributed by atoms with E-state index in [4.69, 9.17) is 9.52 Å². The minimum Gasteiger partial charge on any atom is -0.421 e. The van der Waals surface area contributed by atoms with Crippen LogP contribution in [0.15, 0.2) is 28.7 Å². The summed E-state index contributed by atoms with van der Waals surface area (Å²) in [5.41, 5.74) is 1.45. The number of aromatic nitrogens is 2. The molecule has 0 fully saturated rings. The number of hydrogen-bond acceptors (Lipinski definition) is 5. The van der Waals surface area contributed by atoms with Gasteiger partial charge in [-0.25, -0.2) is 4.79 Å². The summed E-state index contributed by atoms with van der Waals surface area (Å²) in [5, 5.41) is 19.4. The van der Waals surface area contributed by atoms with Crippen molar-refractivity contribution in [2.24, 2.45) is 0 Å². The molecule has 2 aromatic rings. The highest BCUT2D eigenvalue weighted by Gasteiger charge is 2.10. The lowest BCUT2D eigenvalue weighted by Gasteiger charge is -2.16. The number of aryl methyl sites for hydroxylation is 1. The summed E-state index contributed by atoms with van der Waals surface area (Å²) in [5.74, 6) is 1.05. The van der Waals surface area contributed by atoms with E-state index < -0.39 is 0 Å². The third-order valence-corrected chi connectivity index (χ3v) is 2.93. The fourth-order valence-corrected chi connectivity index (χ4v) is 1.68. The lowest BCUT2D eigenvalue weighted by atomic mass is 10.2. The van der Waals surface area contributed by atoms with Gasteiger partial charge in [0.05, 0.1) is 6.61 Å². The topological polar surface area (TPSA) is 91.5 Å². The Morgan fingerprint density at radius 2 is 2.05 bits per heavy atom. The van der Waals surface area contributed by atoms with Crippen molar-refractivity contribution in [3.8, 4) is 11.5 Å². The number of rotatable bonds is 5. The fraction of sp³-hybridized carbons (Fsp3) is 0.357. The summed E-state index contributed by atoms with van der Waals surface area (Å²) in [6.07, 6.45) is 0.693. The van der Waals surface area contributed by atoms with E-state index in [0.717, 1.165) is 5.56 Å². The van der Waals surface area contributed by atoms with E-state index in [1.54, 1.807) is 31.3 Å². The van der Waals surface area contributed by atoms with Gasteiger partial charge in [0, 0.05) is 31.3 Å². The Hall–Kier alpha value is -2.41. The summed E-state index contributed by atoms with van der Waals surface area (Å²) < 4.78 is 5.46. The van der Waals surface area contributed by atoms with Crippen LogP contribution in [0.5, 0.6) is 0 Å². The van der Waals surface area contributed by atoms with E-state index in [1.165, 1.54) is 4.90 Å². The number of amides is 2. The Kier molecular flexibility index (Phi) is 4.89. The average molecular weight is 290 g/mol. The Balaban J connectivity index is 2.03. The van der Waals surface area contributed by atoms with Crippen LogP contribution in [0.3, 0.4) is 0 Å². The molecule has 0 saturated heterocycles. The van der Waals surface area contributed by atoms with Crippen LogP contribution in [0.2, 0.25) is 0 Å². The number of benzene rings is 1. The maximum absolute atomic E-state index is 11.8. The molecule has 0 aliphatic carbocycles. The van der Waals surface area contributed by atoms with Gasteiger partial charge in [0.1, 0.15) is 0 Å². The van der Waals surface area contributed by atoms with Gasteiger partial charge >= 0.3 is 6.03 Å². The highest BCUT2D eigenvalue weighted by molar-refractivity contribution is 5.89. The molecule has 7 heteroatoms. The Morgan fingerprint density at radius 3 is 2.62 bits per heavy atom. The van der Waals surface area contributed by atoms with Crippen LogP contribution in [0.4, 0.5) is 10.5 Å². The van der Waals surface area contributed by atoms with Crippen molar-refractivity contribution in [2.45, 2.75) is 13.3 Å². The molecule has 7 nitrogen and oxygen atoms in total. The van der Waals surface area contributed by atoms with Crippen LogP contribution in [0.1, 0.15) is 12.8 Å². The van der Waals surface area contributed by atoms with Gasteiger partial charge in [0.2, 0.25) is 11.8 Å². The zero-order valence-electron chi connectivity index (χ0n) is 12.0. The van der Waals surface area contributed by atoms with E-state index >= 15 is 0 Å². The SMILES string of the molecule is CCc1nnc(-c2ccc(NC(=O)N(C)CCO)cc2)o1. The van der Waals surface area contributed by atoms with Crippen LogP contribution in [-0.4, -0.2) is 46.4 Å². The normalized spacial score (nSPS) is 10.4. The number of nitrogens with zero attached hydrogens (tertiary/aromatic N) is 3. The van der Waals surface area contributed by atoms with Crippen LogP contribution in [-0.2, 0) is 6.42 Å². The highest BCUT2D eigenvalue weighted by Crippen LogP contribution is 2.20. The van der Waals surface area contributed by atoms with E-state index in [0.29, 0.717) is 23.9 Å². The van der Waals surface area contributed by atoms with Gasteiger partial charge in [-0.3, -0.25) is 0 Å². The number of likely N-dealkylation sites (N-methyl/N-ethyl adjacent to an activating group) is 1. The van der Waals surface area contributed by atoms with Gasteiger partial charge in [0.15, 0.2) is 0 Å². The minimum atomic E-state index is -0.275. The van der Waals surface area contributed by atoms with Gasteiger partial charge in [-0.05, 0) is 24.3 Å². The number of anilines is 1. The molecule has 2 amide bonds. The summed E-state index contributed by atoms with van der Waals surface area (Å²) >= 11 is 0. The quantitative estimate of drug-likeness (QED) is 0.875. The first-order chi connectivity index (χ1) is 10.1. The molecule has 1 aromatic heterocycles. The van der Waals surface area contributed by atoms with Gasteiger partial charge in [-0.2, -0.15) is 0 Å². The molecule has 0 aliphatic heterocycles. The number of urea groups is 1. The molecule has 1 heterocycles. The molecular weight excluding hydrogens is 272 g/mol. The Bertz CT molecular complexity index is 595.